The van der Waals surface area contributed by atoms with Gasteiger partial charge in [0.25, 0.3) is 0 Å². The minimum atomic E-state index is -0.380. The van der Waals surface area contributed by atoms with Crippen molar-refractivity contribution in [2.75, 3.05) is 6.67 Å². The smallest absolute Gasteiger partial charge is 0.0991 e. The highest BCUT2D eigenvalue weighted by molar-refractivity contribution is 5.34. The zero-order chi connectivity index (χ0) is 8.97. The van der Waals surface area contributed by atoms with Crippen molar-refractivity contribution in [3.05, 3.63) is 35.4 Å². The largest absolute Gasteiger partial charge is 0.250 e. The first-order valence-electron chi connectivity index (χ1n) is 3.84. The molecular weight excluding hydrogens is 153 g/mol. The molecule has 1 aromatic carbocycles. The van der Waals surface area contributed by atoms with E-state index in [-0.39, 0.29) is 12.6 Å². The Morgan fingerprint density at radius 1 is 1.58 bits per heavy atom. The summed E-state index contributed by atoms with van der Waals surface area (Å²) in [5.74, 6) is -0.113. The molecule has 12 heavy (non-hydrogen) atoms. The first kappa shape index (κ1) is 8.73. The minimum absolute atomic E-state index is 0.113. The fraction of sp³-hybridized carbons (Fsp3) is 0.300. The molecule has 0 aliphatic rings. The standard InChI is InChI=1S/C10H10FN/c1-8(6-11)10-4-2-3-9(5-10)7-12/h2-5,8H,6H2,1H3. The Morgan fingerprint density at radius 3 is 2.92 bits per heavy atom. The predicted octanol–water partition coefficient (Wildman–Crippen LogP) is 2.63. The molecule has 62 valence electrons. The molecule has 0 fully saturated rings. The van der Waals surface area contributed by atoms with Crippen LogP contribution in [0.3, 0.4) is 0 Å². The maximum atomic E-state index is 12.2. The van der Waals surface area contributed by atoms with Crippen molar-refractivity contribution in [3.63, 3.8) is 0 Å². The van der Waals surface area contributed by atoms with Crippen molar-refractivity contribution in [1.82, 2.24) is 0 Å². The molecule has 0 radical (unpaired) electrons. The van der Waals surface area contributed by atoms with Gasteiger partial charge in [-0.15, -0.1) is 0 Å². The summed E-state index contributed by atoms with van der Waals surface area (Å²) in [7, 11) is 0. The molecule has 1 rings (SSSR count). The second-order valence-corrected chi connectivity index (χ2v) is 2.79. The van der Waals surface area contributed by atoms with E-state index in [9.17, 15) is 4.39 Å². The van der Waals surface area contributed by atoms with Crippen molar-refractivity contribution in [2.24, 2.45) is 0 Å². The predicted molar refractivity (Wildman–Crippen MR) is 45.5 cm³/mol. The van der Waals surface area contributed by atoms with Gasteiger partial charge >= 0.3 is 0 Å². The van der Waals surface area contributed by atoms with E-state index < -0.39 is 0 Å². The van der Waals surface area contributed by atoms with E-state index in [0.717, 1.165) is 5.56 Å². The van der Waals surface area contributed by atoms with Gasteiger partial charge in [0.05, 0.1) is 18.3 Å². The van der Waals surface area contributed by atoms with Gasteiger partial charge in [-0.2, -0.15) is 5.26 Å². The number of nitrogens with zero attached hydrogens (tertiary/aromatic N) is 1. The lowest BCUT2D eigenvalue weighted by atomic mass is 10.0. The van der Waals surface area contributed by atoms with Crippen LogP contribution in [0, 0.1) is 11.3 Å². The summed E-state index contributed by atoms with van der Waals surface area (Å²) < 4.78 is 12.2. The number of rotatable bonds is 2. The maximum Gasteiger partial charge on any atom is 0.0991 e. The average Bonchev–Trinajstić information content (AvgIpc) is 2.17. The number of hydrogen-bond donors (Lipinski definition) is 0. The fourth-order valence-corrected chi connectivity index (χ4v) is 1.00. The van der Waals surface area contributed by atoms with Gasteiger partial charge in [-0.1, -0.05) is 19.1 Å². The number of hydrogen-bond acceptors (Lipinski definition) is 1. The topological polar surface area (TPSA) is 23.8 Å². The molecule has 0 bridgehead atoms. The first-order valence-corrected chi connectivity index (χ1v) is 3.84. The Hall–Kier alpha value is -1.36. The summed E-state index contributed by atoms with van der Waals surface area (Å²) in [6, 6.07) is 9.08. The Labute approximate surface area is 71.4 Å². The molecule has 0 aliphatic carbocycles. The summed E-state index contributed by atoms with van der Waals surface area (Å²) in [6.07, 6.45) is 0. The summed E-state index contributed by atoms with van der Waals surface area (Å²) in [4.78, 5) is 0. The lowest BCUT2D eigenvalue weighted by Gasteiger charge is -2.05. The molecule has 1 aromatic rings. The van der Waals surface area contributed by atoms with Crippen molar-refractivity contribution >= 4 is 0 Å². The van der Waals surface area contributed by atoms with Crippen molar-refractivity contribution in [2.45, 2.75) is 12.8 Å². The van der Waals surface area contributed by atoms with E-state index in [1.807, 2.05) is 12.1 Å². The van der Waals surface area contributed by atoms with Crippen LogP contribution in [0.2, 0.25) is 0 Å². The molecule has 1 unspecified atom stereocenters. The Bertz CT molecular complexity index is 301. The van der Waals surface area contributed by atoms with E-state index in [1.54, 1.807) is 25.1 Å². The molecule has 0 heterocycles. The number of halogens is 1. The molecule has 2 heteroatoms. The number of alkyl halides is 1. The van der Waals surface area contributed by atoms with E-state index in [2.05, 4.69) is 0 Å². The van der Waals surface area contributed by atoms with Gasteiger partial charge < -0.3 is 0 Å². The Balaban J connectivity index is 2.95. The summed E-state index contributed by atoms with van der Waals surface area (Å²) in [5, 5.41) is 8.57. The maximum absolute atomic E-state index is 12.2. The van der Waals surface area contributed by atoms with E-state index in [1.165, 1.54) is 0 Å². The molecule has 1 nitrogen and oxygen atoms in total. The third kappa shape index (κ3) is 1.82. The molecule has 0 amide bonds. The van der Waals surface area contributed by atoms with Crippen LogP contribution in [-0.2, 0) is 0 Å². The van der Waals surface area contributed by atoms with Gasteiger partial charge in [-0.25, -0.2) is 0 Å². The highest BCUT2D eigenvalue weighted by atomic mass is 19.1. The summed E-state index contributed by atoms with van der Waals surface area (Å²) in [5.41, 5.74) is 1.48. The van der Waals surface area contributed by atoms with E-state index >= 15 is 0 Å². The average molecular weight is 163 g/mol. The number of benzene rings is 1. The highest BCUT2D eigenvalue weighted by Crippen LogP contribution is 2.16. The molecule has 0 aromatic heterocycles. The quantitative estimate of drug-likeness (QED) is 0.657. The van der Waals surface area contributed by atoms with Crippen LogP contribution in [-0.4, -0.2) is 6.67 Å². The van der Waals surface area contributed by atoms with Crippen LogP contribution in [0.5, 0.6) is 0 Å². The minimum Gasteiger partial charge on any atom is -0.250 e. The normalized spacial score (nSPS) is 12.1. The van der Waals surface area contributed by atoms with Gasteiger partial charge in [-0.3, -0.25) is 4.39 Å². The van der Waals surface area contributed by atoms with Crippen LogP contribution in [0.15, 0.2) is 24.3 Å². The van der Waals surface area contributed by atoms with Crippen LogP contribution < -0.4 is 0 Å². The Morgan fingerprint density at radius 2 is 2.33 bits per heavy atom. The van der Waals surface area contributed by atoms with Crippen molar-refractivity contribution in [1.29, 1.82) is 5.26 Å². The fourth-order valence-electron chi connectivity index (χ4n) is 1.00. The van der Waals surface area contributed by atoms with Crippen LogP contribution >= 0.6 is 0 Å². The zero-order valence-corrected chi connectivity index (χ0v) is 6.92. The molecule has 0 aliphatic heterocycles. The van der Waals surface area contributed by atoms with E-state index in [0.29, 0.717) is 5.56 Å². The molecule has 0 spiro atoms. The lowest BCUT2D eigenvalue weighted by Crippen LogP contribution is -1.95. The van der Waals surface area contributed by atoms with Gasteiger partial charge in [0.2, 0.25) is 0 Å². The van der Waals surface area contributed by atoms with Crippen LogP contribution in [0.4, 0.5) is 4.39 Å². The SMILES string of the molecule is CC(CF)c1cccc(C#N)c1. The second kappa shape index (κ2) is 3.87. The van der Waals surface area contributed by atoms with Crippen molar-refractivity contribution in [3.8, 4) is 6.07 Å². The second-order valence-electron chi connectivity index (χ2n) is 2.79. The summed E-state index contributed by atoms with van der Waals surface area (Å²) in [6.45, 7) is 1.42. The van der Waals surface area contributed by atoms with Crippen LogP contribution in [0.1, 0.15) is 24.0 Å². The van der Waals surface area contributed by atoms with Gasteiger partial charge in [0.15, 0.2) is 0 Å². The monoisotopic (exact) mass is 163 g/mol. The van der Waals surface area contributed by atoms with Crippen LogP contribution in [0.25, 0.3) is 0 Å². The van der Waals surface area contributed by atoms with Gasteiger partial charge in [0.1, 0.15) is 0 Å². The third-order valence-corrected chi connectivity index (χ3v) is 1.82. The lowest BCUT2D eigenvalue weighted by molar-refractivity contribution is 0.447. The number of nitriles is 1. The molecule has 1 atom stereocenters. The highest BCUT2D eigenvalue weighted by Gasteiger charge is 2.04. The zero-order valence-electron chi connectivity index (χ0n) is 6.92. The molecule has 0 saturated heterocycles. The molecular formula is C10H10FN. The van der Waals surface area contributed by atoms with Gasteiger partial charge in [-0.05, 0) is 17.7 Å². The van der Waals surface area contributed by atoms with Crippen molar-refractivity contribution < 1.29 is 4.39 Å². The molecule has 0 saturated carbocycles. The third-order valence-electron chi connectivity index (χ3n) is 1.82. The Kier molecular flexibility index (Phi) is 2.82. The first-order chi connectivity index (χ1) is 5.77. The van der Waals surface area contributed by atoms with Gasteiger partial charge in [0, 0.05) is 5.92 Å². The molecule has 0 N–H and O–H groups in total. The summed E-state index contributed by atoms with van der Waals surface area (Å²) >= 11 is 0. The van der Waals surface area contributed by atoms with E-state index in [4.69, 9.17) is 5.26 Å².